The SMILES string of the molecule is CC(C)c1ccc(NC(=O)NCc2nnc(SCc3ccccc3)n2-c2ccc([N+](=O)[O-])cc2)cc1. The smallest absolute Gasteiger partial charge is 0.319 e. The van der Waals surface area contributed by atoms with Crippen molar-refractivity contribution in [3.63, 3.8) is 0 Å². The average molecular weight is 503 g/mol. The number of rotatable bonds is 9. The number of benzene rings is 3. The number of carbonyl (C=O) groups is 1. The van der Waals surface area contributed by atoms with Crippen molar-refractivity contribution in [2.75, 3.05) is 5.32 Å². The fourth-order valence-corrected chi connectivity index (χ4v) is 4.43. The molecule has 4 aromatic rings. The van der Waals surface area contributed by atoms with Crippen molar-refractivity contribution in [1.82, 2.24) is 20.1 Å². The fraction of sp³-hybridized carbons (Fsp3) is 0.192. The molecule has 0 spiro atoms. The second-order valence-electron chi connectivity index (χ2n) is 8.37. The average Bonchev–Trinajstić information content (AvgIpc) is 3.30. The molecule has 2 N–H and O–H groups in total. The first-order valence-electron chi connectivity index (χ1n) is 11.4. The van der Waals surface area contributed by atoms with Crippen molar-refractivity contribution in [2.45, 2.75) is 37.2 Å². The van der Waals surface area contributed by atoms with Crippen LogP contribution in [0.4, 0.5) is 16.2 Å². The molecule has 0 saturated heterocycles. The molecule has 2 amide bonds. The van der Waals surface area contributed by atoms with Crippen molar-refractivity contribution in [3.8, 4) is 5.69 Å². The highest BCUT2D eigenvalue weighted by Crippen LogP contribution is 2.26. The summed E-state index contributed by atoms with van der Waals surface area (Å²) in [6.07, 6.45) is 0. The Hall–Kier alpha value is -4.18. The second kappa shape index (κ2) is 11.5. The third-order valence-electron chi connectivity index (χ3n) is 5.47. The number of nitrogens with one attached hydrogen (secondary N) is 2. The molecule has 0 unspecified atom stereocenters. The zero-order chi connectivity index (χ0) is 25.5. The second-order valence-corrected chi connectivity index (χ2v) is 9.31. The van der Waals surface area contributed by atoms with Gasteiger partial charge in [-0.3, -0.25) is 14.7 Å². The van der Waals surface area contributed by atoms with Crippen LogP contribution in [-0.4, -0.2) is 25.7 Å². The van der Waals surface area contributed by atoms with Gasteiger partial charge in [-0.2, -0.15) is 0 Å². The number of nitro groups is 1. The summed E-state index contributed by atoms with van der Waals surface area (Å²) in [4.78, 5) is 23.2. The molecule has 3 aromatic carbocycles. The molecular weight excluding hydrogens is 476 g/mol. The molecule has 0 bridgehead atoms. The molecule has 184 valence electrons. The van der Waals surface area contributed by atoms with Gasteiger partial charge in [0, 0.05) is 29.3 Å². The molecule has 10 heteroatoms. The van der Waals surface area contributed by atoms with Gasteiger partial charge in [0.2, 0.25) is 0 Å². The standard InChI is InChI=1S/C26H26N6O3S/c1-18(2)20-8-10-21(11-9-20)28-25(33)27-16-24-29-30-26(36-17-19-6-4-3-5-7-19)31(24)22-12-14-23(15-13-22)32(34)35/h3-15,18H,16-17H2,1-2H3,(H2,27,28,33). The van der Waals surface area contributed by atoms with Crippen LogP contribution in [0.2, 0.25) is 0 Å². The van der Waals surface area contributed by atoms with E-state index in [1.807, 2.05) is 54.6 Å². The summed E-state index contributed by atoms with van der Waals surface area (Å²) in [7, 11) is 0. The number of non-ortho nitro benzene ring substituents is 1. The van der Waals surface area contributed by atoms with Crippen LogP contribution in [0.5, 0.6) is 0 Å². The van der Waals surface area contributed by atoms with Crippen LogP contribution in [-0.2, 0) is 12.3 Å². The highest BCUT2D eigenvalue weighted by atomic mass is 32.2. The fourth-order valence-electron chi connectivity index (χ4n) is 3.50. The Labute approximate surface area is 213 Å². The Morgan fingerprint density at radius 1 is 1.00 bits per heavy atom. The molecule has 0 fully saturated rings. The minimum atomic E-state index is -0.443. The molecule has 0 aliphatic carbocycles. The summed E-state index contributed by atoms with van der Waals surface area (Å²) in [5.74, 6) is 1.59. The van der Waals surface area contributed by atoms with E-state index in [1.165, 1.54) is 29.5 Å². The van der Waals surface area contributed by atoms with Crippen molar-refractivity contribution >= 4 is 29.2 Å². The Morgan fingerprint density at radius 3 is 2.33 bits per heavy atom. The van der Waals surface area contributed by atoms with Crippen LogP contribution in [0.25, 0.3) is 5.69 Å². The number of carbonyl (C=O) groups excluding carboxylic acids is 1. The van der Waals surface area contributed by atoms with Crippen molar-refractivity contribution < 1.29 is 9.72 Å². The quantitative estimate of drug-likeness (QED) is 0.167. The van der Waals surface area contributed by atoms with Gasteiger partial charge in [-0.15, -0.1) is 10.2 Å². The van der Waals surface area contributed by atoms with E-state index in [4.69, 9.17) is 0 Å². The zero-order valence-electron chi connectivity index (χ0n) is 19.9. The maximum Gasteiger partial charge on any atom is 0.319 e. The highest BCUT2D eigenvalue weighted by molar-refractivity contribution is 7.98. The van der Waals surface area contributed by atoms with Crippen molar-refractivity contribution in [3.05, 3.63) is 106 Å². The number of hydrogen-bond acceptors (Lipinski definition) is 6. The molecule has 0 aliphatic rings. The Bertz CT molecular complexity index is 1320. The van der Waals surface area contributed by atoms with Crippen molar-refractivity contribution in [1.29, 1.82) is 0 Å². The predicted octanol–water partition coefficient (Wildman–Crippen LogP) is 5.91. The summed E-state index contributed by atoms with van der Waals surface area (Å²) >= 11 is 1.49. The molecule has 0 saturated carbocycles. The monoisotopic (exact) mass is 502 g/mol. The van der Waals surface area contributed by atoms with Crippen LogP contribution < -0.4 is 10.6 Å². The lowest BCUT2D eigenvalue weighted by atomic mass is 10.0. The summed E-state index contributed by atoms with van der Waals surface area (Å²) in [5, 5.41) is 26.0. The molecule has 9 nitrogen and oxygen atoms in total. The molecule has 0 atom stereocenters. The summed E-state index contributed by atoms with van der Waals surface area (Å²) in [6, 6.07) is 23.5. The lowest BCUT2D eigenvalue weighted by Crippen LogP contribution is -2.29. The summed E-state index contributed by atoms with van der Waals surface area (Å²) in [5.41, 5.74) is 3.67. The zero-order valence-corrected chi connectivity index (χ0v) is 20.7. The third-order valence-corrected chi connectivity index (χ3v) is 6.47. The summed E-state index contributed by atoms with van der Waals surface area (Å²) < 4.78 is 1.80. The maximum absolute atomic E-state index is 12.5. The van der Waals surface area contributed by atoms with E-state index in [1.54, 1.807) is 16.7 Å². The van der Waals surface area contributed by atoms with E-state index in [0.29, 0.717) is 34.0 Å². The van der Waals surface area contributed by atoms with Gasteiger partial charge in [0.25, 0.3) is 5.69 Å². The van der Waals surface area contributed by atoms with E-state index in [0.717, 1.165) is 5.56 Å². The largest absolute Gasteiger partial charge is 0.331 e. The Kier molecular flexibility index (Phi) is 7.96. The van der Waals surface area contributed by atoms with E-state index in [-0.39, 0.29) is 18.3 Å². The molecule has 4 rings (SSSR count). The van der Waals surface area contributed by atoms with Gasteiger partial charge < -0.3 is 10.6 Å². The van der Waals surface area contributed by atoms with Gasteiger partial charge in [-0.1, -0.05) is 68.1 Å². The summed E-state index contributed by atoms with van der Waals surface area (Å²) in [6.45, 7) is 4.34. The Balaban J connectivity index is 1.50. The number of amides is 2. The van der Waals surface area contributed by atoms with Crippen molar-refractivity contribution in [2.24, 2.45) is 0 Å². The van der Waals surface area contributed by atoms with Crippen LogP contribution >= 0.6 is 11.8 Å². The molecule has 1 heterocycles. The third kappa shape index (κ3) is 6.28. The van der Waals surface area contributed by atoms with Gasteiger partial charge in [-0.05, 0) is 41.3 Å². The normalized spacial score (nSPS) is 10.9. The lowest BCUT2D eigenvalue weighted by molar-refractivity contribution is -0.384. The molecule has 1 aromatic heterocycles. The van der Waals surface area contributed by atoms with Crippen LogP contribution in [0.15, 0.2) is 84.0 Å². The van der Waals surface area contributed by atoms with Crippen LogP contribution in [0, 0.1) is 10.1 Å². The number of anilines is 1. The van der Waals surface area contributed by atoms with Gasteiger partial charge in [0.1, 0.15) is 0 Å². The molecular formula is C26H26N6O3S. The first kappa shape index (κ1) is 24.9. The van der Waals surface area contributed by atoms with E-state index < -0.39 is 4.92 Å². The maximum atomic E-state index is 12.5. The van der Waals surface area contributed by atoms with Gasteiger partial charge in [-0.25, -0.2) is 4.79 Å². The number of urea groups is 1. The minimum Gasteiger partial charge on any atom is -0.331 e. The number of nitro benzene ring substituents is 1. The minimum absolute atomic E-state index is 0.00662. The highest BCUT2D eigenvalue weighted by Gasteiger charge is 2.17. The molecule has 36 heavy (non-hydrogen) atoms. The van der Waals surface area contributed by atoms with Crippen LogP contribution in [0.1, 0.15) is 36.7 Å². The topological polar surface area (TPSA) is 115 Å². The van der Waals surface area contributed by atoms with Gasteiger partial charge >= 0.3 is 6.03 Å². The van der Waals surface area contributed by atoms with E-state index in [9.17, 15) is 14.9 Å². The van der Waals surface area contributed by atoms with E-state index >= 15 is 0 Å². The van der Waals surface area contributed by atoms with Gasteiger partial charge in [0.05, 0.1) is 11.5 Å². The van der Waals surface area contributed by atoms with Crippen LogP contribution in [0.3, 0.4) is 0 Å². The number of thioether (sulfide) groups is 1. The predicted molar refractivity (Wildman–Crippen MR) is 140 cm³/mol. The number of aromatic nitrogens is 3. The van der Waals surface area contributed by atoms with E-state index in [2.05, 4.69) is 34.7 Å². The Morgan fingerprint density at radius 2 is 1.69 bits per heavy atom. The first-order valence-corrected chi connectivity index (χ1v) is 12.4. The number of nitrogens with zero attached hydrogens (tertiary/aromatic N) is 4. The lowest BCUT2D eigenvalue weighted by Gasteiger charge is -2.12. The number of hydrogen-bond donors (Lipinski definition) is 2. The molecule has 0 radical (unpaired) electrons. The van der Waals surface area contributed by atoms with Gasteiger partial charge in [0.15, 0.2) is 11.0 Å². The molecule has 0 aliphatic heterocycles. The first-order chi connectivity index (χ1) is 17.4.